The number of hydrogen-bond acceptors (Lipinski definition) is 5. The fourth-order valence-electron chi connectivity index (χ4n) is 1.86. The van der Waals surface area contributed by atoms with E-state index in [4.69, 9.17) is 27.7 Å². The molecule has 8 heteroatoms. The van der Waals surface area contributed by atoms with Crippen molar-refractivity contribution in [1.82, 2.24) is 15.5 Å². The third-order valence-electron chi connectivity index (χ3n) is 3.00. The Morgan fingerprint density at radius 1 is 1.33 bits per heavy atom. The second-order valence-corrected chi connectivity index (χ2v) is 6.50. The molecule has 0 saturated heterocycles. The molecule has 122 valence electrons. The number of hydrogen-bond donors (Lipinski definition) is 1. The zero-order valence-corrected chi connectivity index (χ0v) is 14.5. The maximum absolute atomic E-state index is 11.8. The summed E-state index contributed by atoms with van der Waals surface area (Å²) in [6.45, 7) is 0.149. The van der Waals surface area contributed by atoms with Crippen molar-refractivity contribution in [3.05, 3.63) is 63.3 Å². The van der Waals surface area contributed by atoms with Crippen molar-refractivity contribution in [1.29, 1.82) is 0 Å². The maximum atomic E-state index is 11.8. The van der Waals surface area contributed by atoms with Crippen LogP contribution < -0.4 is 5.32 Å². The molecule has 0 aliphatic rings. The zero-order chi connectivity index (χ0) is 16.9. The Morgan fingerprint density at radius 3 is 2.96 bits per heavy atom. The average Bonchev–Trinajstić information content (AvgIpc) is 3.23. The minimum absolute atomic E-state index is 0.149. The van der Waals surface area contributed by atoms with Crippen LogP contribution in [0.5, 0.6) is 0 Å². The van der Waals surface area contributed by atoms with Crippen molar-refractivity contribution in [3.8, 4) is 10.7 Å². The molecular formula is C16H11Cl2N3O2S. The lowest BCUT2D eigenvalue weighted by Crippen LogP contribution is -2.20. The molecule has 0 saturated carbocycles. The monoisotopic (exact) mass is 379 g/mol. The second kappa shape index (κ2) is 7.61. The summed E-state index contributed by atoms with van der Waals surface area (Å²) in [6, 6.07) is 8.86. The summed E-state index contributed by atoms with van der Waals surface area (Å²) in [5, 5.41) is 9.49. The van der Waals surface area contributed by atoms with Crippen molar-refractivity contribution in [2.24, 2.45) is 0 Å². The predicted octanol–water partition coefficient (Wildman–Crippen LogP) is 4.43. The Balaban J connectivity index is 1.57. The first-order valence-corrected chi connectivity index (χ1v) is 8.53. The molecule has 24 heavy (non-hydrogen) atoms. The average molecular weight is 380 g/mol. The molecule has 0 bridgehead atoms. The van der Waals surface area contributed by atoms with Gasteiger partial charge in [0.2, 0.25) is 17.6 Å². The van der Waals surface area contributed by atoms with Crippen LogP contribution in [-0.2, 0) is 11.3 Å². The third kappa shape index (κ3) is 4.23. The molecule has 3 aromatic rings. The van der Waals surface area contributed by atoms with E-state index < -0.39 is 0 Å². The normalized spacial score (nSPS) is 11.1. The van der Waals surface area contributed by atoms with Gasteiger partial charge in [-0.15, -0.1) is 11.3 Å². The van der Waals surface area contributed by atoms with Crippen molar-refractivity contribution in [2.45, 2.75) is 6.54 Å². The van der Waals surface area contributed by atoms with E-state index in [0.717, 1.165) is 4.88 Å². The van der Waals surface area contributed by atoms with Crippen LogP contribution in [0.15, 0.2) is 46.3 Å². The van der Waals surface area contributed by atoms with Gasteiger partial charge in [-0.05, 0) is 35.2 Å². The highest BCUT2D eigenvalue weighted by molar-refractivity contribution is 7.13. The number of nitrogens with one attached hydrogen (secondary N) is 1. The number of carbonyl (C=O) groups excluding carboxylic acids is 1. The molecule has 3 rings (SSSR count). The van der Waals surface area contributed by atoms with E-state index in [0.29, 0.717) is 27.3 Å². The van der Waals surface area contributed by atoms with Crippen LogP contribution in [0.1, 0.15) is 11.5 Å². The predicted molar refractivity (Wildman–Crippen MR) is 95.0 cm³/mol. The second-order valence-electron chi connectivity index (χ2n) is 4.71. The van der Waals surface area contributed by atoms with Gasteiger partial charge in [0.05, 0.1) is 11.4 Å². The Hall–Kier alpha value is -2.15. The number of halogens is 2. The van der Waals surface area contributed by atoms with E-state index >= 15 is 0 Å². The number of thiophene rings is 1. The molecule has 0 aliphatic carbocycles. The SMILES string of the molecule is O=C(C=Cc1ccc(Cl)cc1Cl)NCc1nc(-c2cccs2)no1. The van der Waals surface area contributed by atoms with Gasteiger partial charge in [-0.2, -0.15) is 4.98 Å². The molecule has 2 aromatic heterocycles. The van der Waals surface area contributed by atoms with Crippen LogP contribution in [0.4, 0.5) is 0 Å². The largest absolute Gasteiger partial charge is 0.343 e. The number of aromatic nitrogens is 2. The molecule has 0 unspecified atom stereocenters. The van der Waals surface area contributed by atoms with Crippen molar-refractivity contribution in [2.75, 3.05) is 0 Å². The third-order valence-corrected chi connectivity index (χ3v) is 4.43. The van der Waals surface area contributed by atoms with Crippen LogP contribution in [0.3, 0.4) is 0 Å². The lowest BCUT2D eigenvalue weighted by molar-refractivity contribution is -0.116. The van der Waals surface area contributed by atoms with Crippen molar-refractivity contribution >= 4 is 46.5 Å². The Kier molecular flexibility index (Phi) is 5.30. The van der Waals surface area contributed by atoms with Gasteiger partial charge >= 0.3 is 0 Å². The number of nitrogens with zero attached hydrogens (tertiary/aromatic N) is 2. The highest BCUT2D eigenvalue weighted by Crippen LogP contribution is 2.22. The van der Waals surface area contributed by atoms with Crippen LogP contribution in [-0.4, -0.2) is 16.0 Å². The molecule has 0 atom stereocenters. The van der Waals surface area contributed by atoms with Crippen LogP contribution >= 0.6 is 34.5 Å². The van der Waals surface area contributed by atoms with Gasteiger partial charge in [0, 0.05) is 16.1 Å². The van der Waals surface area contributed by atoms with Gasteiger partial charge in [-0.1, -0.05) is 40.5 Å². The number of rotatable bonds is 5. The van der Waals surface area contributed by atoms with Gasteiger partial charge in [0.1, 0.15) is 0 Å². The fraction of sp³-hybridized carbons (Fsp3) is 0.0625. The maximum Gasteiger partial charge on any atom is 0.246 e. The minimum Gasteiger partial charge on any atom is -0.343 e. The summed E-state index contributed by atoms with van der Waals surface area (Å²) in [6.07, 6.45) is 2.99. The van der Waals surface area contributed by atoms with Crippen LogP contribution in [0.2, 0.25) is 10.0 Å². The summed E-state index contributed by atoms with van der Waals surface area (Å²) < 4.78 is 5.10. The molecule has 1 amide bonds. The first kappa shape index (κ1) is 16.7. The van der Waals surface area contributed by atoms with Crippen LogP contribution in [0, 0.1) is 0 Å². The molecule has 0 aliphatic heterocycles. The topological polar surface area (TPSA) is 68.0 Å². The summed E-state index contributed by atoms with van der Waals surface area (Å²) in [5.41, 5.74) is 0.703. The van der Waals surface area contributed by atoms with Gasteiger partial charge in [0.25, 0.3) is 0 Å². The lowest BCUT2D eigenvalue weighted by Gasteiger charge is -1.99. The van der Waals surface area contributed by atoms with Gasteiger partial charge < -0.3 is 9.84 Å². The molecule has 0 spiro atoms. The Bertz CT molecular complexity index is 875. The summed E-state index contributed by atoms with van der Waals surface area (Å²) in [4.78, 5) is 17.0. The number of benzene rings is 1. The number of carbonyl (C=O) groups is 1. The van der Waals surface area contributed by atoms with E-state index in [2.05, 4.69) is 15.5 Å². The molecule has 1 N–H and O–H groups in total. The highest BCUT2D eigenvalue weighted by Gasteiger charge is 2.09. The van der Waals surface area contributed by atoms with Gasteiger partial charge in [-0.3, -0.25) is 4.79 Å². The molecule has 2 heterocycles. The van der Waals surface area contributed by atoms with Crippen LogP contribution in [0.25, 0.3) is 16.8 Å². The molecular weight excluding hydrogens is 369 g/mol. The van der Waals surface area contributed by atoms with Crippen molar-refractivity contribution in [3.63, 3.8) is 0 Å². The van der Waals surface area contributed by atoms with E-state index in [1.54, 1.807) is 24.3 Å². The zero-order valence-electron chi connectivity index (χ0n) is 12.2. The van der Waals surface area contributed by atoms with E-state index in [1.165, 1.54) is 17.4 Å². The van der Waals surface area contributed by atoms with Gasteiger partial charge in [0.15, 0.2) is 0 Å². The Labute approximate surface area is 151 Å². The van der Waals surface area contributed by atoms with Crippen molar-refractivity contribution < 1.29 is 9.32 Å². The highest BCUT2D eigenvalue weighted by atomic mass is 35.5. The first-order valence-electron chi connectivity index (χ1n) is 6.89. The summed E-state index contributed by atoms with van der Waals surface area (Å²) in [5.74, 6) is 0.555. The number of amides is 1. The van der Waals surface area contributed by atoms with E-state index in [1.807, 2.05) is 17.5 Å². The molecule has 1 aromatic carbocycles. The van der Waals surface area contributed by atoms with E-state index in [-0.39, 0.29) is 12.5 Å². The van der Waals surface area contributed by atoms with E-state index in [9.17, 15) is 4.79 Å². The molecule has 0 fully saturated rings. The standard InChI is InChI=1S/C16H11Cl2N3O2S/c17-11-5-3-10(12(18)8-11)4-6-14(22)19-9-15-20-16(21-23-15)13-2-1-7-24-13/h1-8H,9H2,(H,19,22). The Morgan fingerprint density at radius 2 is 2.21 bits per heavy atom. The quantitative estimate of drug-likeness (QED) is 0.665. The lowest BCUT2D eigenvalue weighted by atomic mass is 10.2. The summed E-state index contributed by atoms with van der Waals surface area (Å²) >= 11 is 13.4. The summed E-state index contributed by atoms with van der Waals surface area (Å²) in [7, 11) is 0. The molecule has 5 nitrogen and oxygen atoms in total. The first-order chi connectivity index (χ1) is 11.6. The fourth-order valence-corrected chi connectivity index (χ4v) is 2.98. The van der Waals surface area contributed by atoms with Gasteiger partial charge in [-0.25, -0.2) is 0 Å². The molecule has 0 radical (unpaired) electrons. The minimum atomic E-state index is -0.295. The smallest absolute Gasteiger partial charge is 0.246 e.